The fraction of sp³-hybridized carbons (Fsp3) is 0.458. The van der Waals surface area contributed by atoms with Gasteiger partial charge in [-0.1, -0.05) is 48.5 Å². The first-order chi connectivity index (χ1) is 14.2. The molecule has 5 heteroatoms. The van der Waals surface area contributed by atoms with Gasteiger partial charge in [0.25, 0.3) is 0 Å². The highest BCUT2D eigenvalue weighted by atomic mass is 16.5. The van der Waals surface area contributed by atoms with Gasteiger partial charge < -0.3 is 19.9 Å². The summed E-state index contributed by atoms with van der Waals surface area (Å²) in [7, 11) is 3.90. The molecule has 0 aromatic heterocycles. The van der Waals surface area contributed by atoms with Gasteiger partial charge in [0.1, 0.15) is 12.4 Å². The zero-order chi connectivity index (χ0) is 20.3. The number of benzene rings is 2. The molecule has 1 fully saturated rings. The Labute approximate surface area is 175 Å². The lowest BCUT2D eigenvalue weighted by molar-refractivity contribution is 0.280. The van der Waals surface area contributed by atoms with Crippen LogP contribution in [0, 0.1) is 5.92 Å². The zero-order valence-corrected chi connectivity index (χ0v) is 17.8. The third-order valence-electron chi connectivity index (χ3n) is 5.49. The van der Waals surface area contributed by atoms with Gasteiger partial charge in [0.2, 0.25) is 0 Å². The monoisotopic (exact) mass is 394 g/mol. The van der Waals surface area contributed by atoms with Crippen molar-refractivity contribution >= 4 is 5.96 Å². The predicted octanol–water partition coefficient (Wildman–Crippen LogP) is 3.14. The van der Waals surface area contributed by atoms with E-state index in [0.29, 0.717) is 12.5 Å². The molecule has 2 aromatic carbocycles. The fourth-order valence-corrected chi connectivity index (χ4v) is 3.76. The van der Waals surface area contributed by atoms with Crippen LogP contribution in [0.1, 0.15) is 12.0 Å². The summed E-state index contributed by atoms with van der Waals surface area (Å²) < 4.78 is 5.80. The maximum atomic E-state index is 5.80. The molecule has 1 saturated heterocycles. The van der Waals surface area contributed by atoms with E-state index in [1.54, 1.807) is 0 Å². The summed E-state index contributed by atoms with van der Waals surface area (Å²) in [6.45, 7) is 5.90. The van der Waals surface area contributed by atoms with Crippen LogP contribution >= 0.6 is 0 Å². The molecule has 29 heavy (non-hydrogen) atoms. The summed E-state index contributed by atoms with van der Waals surface area (Å²) in [6, 6.07) is 20.7. The molecular weight excluding hydrogens is 360 g/mol. The summed E-state index contributed by atoms with van der Waals surface area (Å²) in [5.74, 6) is 2.52. The van der Waals surface area contributed by atoms with Gasteiger partial charge in [-0.15, -0.1) is 0 Å². The molecule has 2 aromatic rings. The number of aliphatic imine (C=N–C) groups is 1. The summed E-state index contributed by atoms with van der Waals surface area (Å²) in [5, 5.41) is 3.55. The molecule has 1 N–H and O–H groups in total. The molecule has 156 valence electrons. The van der Waals surface area contributed by atoms with Gasteiger partial charge in [0.05, 0.1) is 6.54 Å². The number of nitrogens with one attached hydrogen (secondary N) is 1. The number of likely N-dealkylation sites (N-methyl/N-ethyl adjacent to an activating group) is 1. The maximum Gasteiger partial charge on any atom is 0.193 e. The van der Waals surface area contributed by atoms with E-state index in [1.807, 2.05) is 37.4 Å². The molecule has 0 spiro atoms. The first-order valence-corrected chi connectivity index (χ1v) is 10.6. The minimum Gasteiger partial charge on any atom is -0.492 e. The SMILES string of the molecule is CN=C(NCC1CCN(CCc2ccccc2)C1)N(C)CCOc1ccccc1. The van der Waals surface area contributed by atoms with Crippen LogP contribution in [0.5, 0.6) is 5.75 Å². The van der Waals surface area contributed by atoms with E-state index in [0.717, 1.165) is 44.3 Å². The van der Waals surface area contributed by atoms with E-state index in [1.165, 1.54) is 18.5 Å². The normalized spacial score (nSPS) is 17.3. The molecule has 5 nitrogen and oxygen atoms in total. The summed E-state index contributed by atoms with van der Waals surface area (Å²) in [4.78, 5) is 9.14. The molecule has 3 rings (SSSR count). The number of para-hydroxylation sites is 1. The lowest BCUT2D eigenvalue weighted by Crippen LogP contribution is -2.43. The van der Waals surface area contributed by atoms with Crippen molar-refractivity contribution in [3.63, 3.8) is 0 Å². The van der Waals surface area contributed by atoms with Crippen LogP contribution in [0.2, 0.25) is 0 Å². The molecule has 1 aliphatic heterocycles. The predicted molar refractivity (Wildman–Crippen MR) is 121 cm³/mol. The van der Waals surface area contributed by atoms with Crippen molar-refractivity contribution in [1.29, 1.82) is 0 Å². The van der Waals surface area contributed by atoms with Crippen LogP contribution < -0.4 is 10.1 Å². The van der Waals surface area contributed by atoms with E-state index in [2.05, 4.69) is 57.5 Å². The van der Waals surface area contributed by atoms with E-state index in [9.17, 15) is 0 Å². The lowest BCUT2D eigenvalue weighted by atomic mass is 10.1. The van der Waals surface area contributed by atoms with E-state index >= 15 is 0 Å². The van der Waals surface area contributed by atoms with Crippen molar-refractivity contribution < 1.29 is 4.74 Å². The number of hydrogen-bond acceptors (Lipinski definition) is 3. The van der Waals surface area contributed by atoms with Gasteiger partial charge in [-0.05, 0) is 43.0 Å². The standard InChI is InChI=1S/C24H34N4O/c1-25-24(27(2)17-18-29-23-11-7-4-8-12-23)26-19-22-14-16-28(20-22)15-13-21-9-5-3-6-10-21/h3-12,22H,13-20H2,1-2H3,(H,25,26). The second-order valence-corrected chi connectivity index (χ2v) is 7.70. The number of nitrogens with zero attached hydrogens (tertiary/aromatic N) is 3. The van der Waals surface area contributed by atoms with Crippen LogP contribution in [0.25, 0.3) is 0 Å². The maximum absolute atomic E-state index is 5.80. The van der Waals surface area contributed by atoms with E-state index < -0.39 is 0 Å². The van der Waals surface area contributed by atoms with Gasteiger partial charge in [-0.25, -0.2) is 0 Å². The molecule has 0 aliphatic carbocycles. The van der Waals surface area contributed by atoms with Crippen LogP contribution in [-0.2, 0) is 6.42 Å². The highest BCUT2D eigenvalue weighted by molar-refractivity contribution is 5.79. The Morgan fingerprint density at radius 3 is 2.59 bits per heavy atom. The largest absolute Gasteiger partial charge is 0.492 e. The second-order valence-electron chi connectivity index (χ2n) is 7.70. The van der Waals surface area contributed by atoms with Crippen molar-refractivity contribution in [1.82, 2.24) is 15.1 Å². The van der Waals surface area contributed by atoms with Gasteiger partial charge in [-0.3, -0.25) is 4.99 Å². The van der Waals surface area contributed by atoms with Crippen LogP contribution in [0.15, 0.2) is 65.7 Å². The molecule has 1 heterocycles. The van der Waals surface area contributed by atoms with Crippen molar-refractivity contribution in [2.75, 3.05) is 53.4 Å². The van der Waals surface area contributed by atoms with Crippen molar-refractivity contribution in [3.05, 3.63) is 66.2 Å². The number of ether oxygens (including phenoxy) is 1. The lowest BCUT2D eigenvalue weighted by Gasteiger charge is -2.23. The Kier molecular flexibility index (Phi) is 8.38. The average molecular weight is 395 g/mol. The number of hydrogen-bond donors (Lipinski definition) is 1. The Balaban J connectivity index is 1.33. The minimum atomic E-state index is 0.637. The first-order valence-electron chi connectivity index (χ1n) is 10.6. The Morgan fingerprint density at radius 2 is 1.86 bits per heavy atom. The molecule has 0 saturated carbocycles. The summed E-state index contributed by atoms with van der Waals surface area (Å²) in [5.41, 5.74) is 1.42. The third-order valence-corrected chi connectivity index (χ3v) is 5.49. The number of guanidine groups is 1. The van der Waals surface area contributed by atoms with Crippen LogP contribution in [0.4, 0.5) is 0 Å². The van der Waals surface area contributed by atoms with Gasteiger partial charge in [-0.2, -0.15) is 0 Å². The highest BCUT2D eigenvalue weighted by Crippen LogP contribution is 2.16. The first kappa shape index (κ1) is 21.2. The van der Waals surface area contributed by atoms with Crippen LogP contribution in [-0.4, -0.2) is 69.2 Å². The molecule has 0 amide bonds. The molecule has 1 aliphatic rings. The fourth-order valence-electron chi connectivity index (χ4n) is 3.76. The van der Waals surface area contributed by atoms with Gasteiger partial charge in [0.15, 0.2) is 5.96 Å². The molecule has 1 unspecified atom stereocenters. The molecule has 0 radical (unpaired) electrons. The van der Waals surface area contributed by atoms with Crippen LogP contribution in [0.3, 0.4) is 0 Å². The van der Waals surface area contributed by atoms with E-state index in [-0.39, 0.29) is 0 Å². The molecular formula is C24H34N4O. The minimum absolute atomic E-state index is 0.637. The third kappa shape index (κ3) is 7.09. The summed E-state index contributed by atoms with van der Waals surface area (Å²) in [6.07, 6.45) is 2.38. The van der Waals surface area contributed by atoms with Crippen molar-refractivity contribution in [3.8, 4) is 5.75 Å². The van der Waals surface area contributed by atoms with Crippen molar-refractivity contribution in [2.24, 2.45) is 10.9 Å². The molecule has 1 atom stereocenters. The smallest absolute Gasteiger partial charge is 0.193 e. The van der Waals surface area contributed by atoms with Gasteiger partial charge in [0, 0.05) is 33.7 Å². The molecule has 0 bridgehead atoms. The topological polar surface area (TPSA) is 40.1 Å². The number of rotatable bonds is 9. The van der Waals surface area contributed by atoms with Gasteiger partial charge >= 0.3 is 0 Å². The van der Waals surface area contributed by atoms with Crippen molar-refractivity contribution in [2.45, 2.75) is 12.8 Å². The second kappa shape index (κ2) is 11.5. The Bertz CT molecular complexity index is 735. The quantitative estimate of drug-likeness (QED) is 0.524. The Morgan fingerprint density at radius 1 is 1.14 bits per heavy atom. The number of likely N-dealkylation sites (tertiary alicyclic amines) is 1. The Hall–Kier alpha value is -2.53. The highest BCUT2D eigenvalue weighted by Gasteiger charge is 2.22. The van der Waals surface area contributed by atoms with E-state index in [4.69, 9.17) is 4.74 Å². The zero-order valence-electron chi connectivity index (χ0n) is 17.8. The summed E-state index contributed by atoms with van der Waals surface area (Å²) >= 11 is 0. The average Bonchev–Trinajstić information content (AvgIpc) is 3.22.